The van der Waals surface area contributed by atoms with Crippen LogP contribution in [0.4, 0.5) is 0 Å². The van der Waals surface area contributed by atoms with Crippen molar-refractivity contribution < 1.29 is 0 Å². The average Bonchev–Trinajstić information content (AvgIpc) is 2.92. The normalized spacial score (nSPS) is 48.8. The quantitative estimate of drug-likeness (QED) is 0.774. The van der Waals surface area contributed by atoms with Crippen molar-refractivity contribution in [2.45, 2.75) is 64.3 Å². The van der Waals surface area contributed by atoms with Crippen LogP contribution in [0.1, 0.15) is 58.3 Å². The number of hydrogen-bond acceptors (Lipinski definition) is 1. The molecule has 3 aliphatic rings. The molecule has 6 unspecified atom stereocenters. The number of rotatable bonds is 3. The van der Waals surface area contributed by atoms with Gasteiger partial charge in [-0.3, -0.25) is 0 Å². The summed E-state index contributed by atoms with van der Waals surface area (Å²) in [5.41, 5.74) is 6.48. The Balaban J connectivity index is 1.54. The predicted molar refractivity (Wildman–Crippen MR) is 68.0 cm³/mol. The van der Waals surface area contributed by atoms with E-state index >= 15 is 0 Å². The van der Waals surface area contributed by atoms with Gasteiger partial charge in [-0.2, -0.15) is 0 Å². The Bertz CT molecular complexity index is 250. The largest absolute Gasteiger partial charge is 0.327 e. The van der Waals surface area contributed by atoms with Crippen LogP contribution in [-0.4, -0.2) is 6.04 Å². The first-order valence-corrected chi connectivity index (χ1v) is 7.49. The van der Waals surface area contributed by atoms with E-state index in [4.69, 9.17) is 5.73 Å². The lowest BCUT2D eigenvalue weighted by atomic mass is 9.79. The van der Waals surface area contributed by atoms with Gasteiger partial charge in [-0.1, -0.05) is 26.2 Å². The first kappa shape index (κ1) is 11.1. The second-order valence-corrected chi connectivity index (χ2v) is 6.91. The average molecular weight is 221 g/mol. The molecule has 0 aromatic rings. The molecule has 1 nitrogen and oxygen atoms in total. The van der Waals surface area contributed by atoms with E-state index in [-0.39, 0.29) is 0 Å². The zero-order valence-electron chi connectivity index (χ0n) is 10.7. The molecule has 0 spiro atoms. The highest BCUT2D eigenvalue weighted by molar-refractivity contribution is 4.93. The van der Waals surface area contributed by atoms with Crippen molar-refractivity contribution in [3.63, 3.8) is 0 Å². The van der Waals surface area contributed by atoms with Gasteiger partial charge in [0.1, 0.15) is 0 Å². The van der Waals surface area contributed by atoms with Gasteiger partial charge in [0.25, 0.3) is 0 Å². The summed E-state index contributed by atoms with van der Waals surface area (Å²) < 4.78 is 0. The zero-order valence-corrected chi connectivity index (χ0v) is 10.7. The first-order chi connectivity index (χ1) is 7.74. The fourth-order valence-electron chi connectivity index (χ4n) is 5.00. The van der Waals surface area contributed by atoms with Crippen molar-refractivity contribution in [3.05, 3.63) is 0 Å². The van der Waals surface area contributed by atoms with Crippen LogP contribution >= 0.6 is 0 Å². The topological polar surface area (TPSA) is 26.0 Å². The maximum Gasteiger partial charge on any atom is 0.00724 e. The van der Waals surface area contributed by atoms with Crippen LogP contribution in [0, 0.1) is 29.6 Å². The molecule has 2 bridgehead atoms. The SMILES string of the molecule is CC1CCCC1C(N)CC1CC2CCC1C2. The summed E-state index contributed by atoms with van der Waals surface area (Å²) >= 11 is 0. The van der Waals surface area contributed by atoms with Gasteiger partial charge in [0, 0.05) is 6.04 Å². The lowest BCUT2D eigenvalue weighted by Crippen LogP contribution is -2.34. The molecule has 6 atom stereocenters. The molecule has 3 saturated carbocycles. The second-order valence-electron chi connectivity index (χ2n) is 6.91. The van der Waals surface area contributed by atoms with Crippen LogP contribution < -0.4 is 5.73 Å². The van der Waals surface area contributed by atoms with E-state index in [1.165, 1.54) is 51.4 Å². The van der Waals surface area contributed by atoms with Crippen LogP contribution in [0.25, 0.3) is 0 Å². The van der Waals surface area contributed by atoms with Gasteiger partial charge >= 0.3 is 0 Å². The minimum absolute atomic E-state index is 0.516. The molecule has 0 aromatic carbocycles. The Morgan fingerprint density at radius 1 is 1.12 bits per heavy atom. The summed E-state index contributed by atoms with van der Waals surface area (Å²) in [6.07, 6.45) is 11.7. The molecule has 0 saturated heterocycles. The van der Waals surface area contributed by atoms with Crippen LogP contribution in [-0.2, 0) is 0 Å². The summed E-state index contributed by atoms with van der Waals surface area (Å²) in [4.78, 5) is 0. The van der Waals surface area contributed by atoms with Crippen LogP contribution in [0.3, 0.4) is 0 Å². The molecule has 0 aliphatic heterocycles. The van der Waals surface area contributed by atoms with Gasteiger partial charge in [-0.05, 0) is 61.7 Å². The van der Waals surface area contributed by atoms with Gasteiger partial charge in [0.05, 0.1) is 0 Å². The van der Waals surface area contributed by atoms with E-state index in [1.54, 1.807) is 0 Å². The number of fused-ring (bicyclic) bond motifs is 2. The lowest BCUT2D eigenvalue weighted by Gasteiger charge is -2.29. The molecular formula is C15H27N. The van der Waals surface area contributed by atoms with E-state index in [0.29, 0.717) is 6.04 Å². The smallest absolute Gasteiger partial charge is 0.00724 e. The predicted octanol–water partition coefficient (Wildman–Crippen LogP) is 3.58. The molecule has 0 aromatic heterocycles. The summed E-state index contributed by atoms with van der Waals surface area (Å²) in [7, 11) is 0. The van der Waals surface area contributed by atoms with Crippen LogP contribution in [0.15, 0.2) is 0 Å². The Morgan fingerprint density at radius 3 is 2.56 bits per heavy atom. The molecule has 0 radical (unpaired) electrons. The monoisotopic (exact) mass is 221 g/mol. The van der Waals surface area contributed by atoms with E-state index in [9.17, 15) is 0 Å². The molecule has 3 aliphatic carbocycles. The maximum atomic E-state index is 6.48. The zero-order chi connectivity index (χ0) is 11.1. The van der Waals surface area contributed by atoms with Crippen molar-refractivity contribution in [1.82, 2.24) is 0 Å². The molecule has 3 rings (SSSR count). The highest BCUT2D eigenvalue weighted by Gasteiger charge is 2.41. The molecule has 16 heavy (non-hydrogen) atoms. The van der Waals surface area contributed by atoms with Crippen LogP contribution in [0.2, 0.25) is 0 Å². The Kier molecular flexibility index (Phi) is 2.99. The fourth-order valence-corrected chi connectivity index (χ4v) is 5.00. The van der Waals surface area contributed by atoms with Crippen molar-refractivity contribution in [2.24, 2.45) is 35.3 Å². The Hall–Kier alpha value is -0.0400. The van der Waals surface area contributed by atoms with Crippen molar-refractivity contribution in [3.8, 4) is 0 Å². The molecule has 0 amide bonds. The third-order valence-corrected chi connectivity index (χ3v) is 5.94. The van der Waals surface area contributed by atoms with Gasteiger partial charge < -0.3 is 5.73 Å². The molecule has 92 valence electrons. The Morgan fingerprint density at radius 2 is 2.00 bits per heavy atom. The number of hydrogen-bond donors (Lipinski definition) is 1. The Labute approximate surface area is 100 Å². The first-order valence-electron chi connectivity index (χ1n) is 7.49. The molecule has 3 fully saturated rings. The molecule has 2 N–H and O–H groups in total. The standard InChI is InChI=1S/C15H27N/c1-10-3-2-4-14(10)15(16)9-13-8-11-5-6-12(13)7-11/h10-15H,2-9,16H2,1H3. The highest BCUT2D eigenvalue weighted by atomic mass is 14.7. The second kappa shape index (κ2) is 4.33. The van der Waals surface area contributed by atoms with Gasteiger partial charge in [-0.15, -0.1) is 0 Å². The maximum absolute atomic E-state index is 6.48. The van der Waals surface area contributed by atoms with E-state index in [0.717, 1.165) is 29.6 Å². The summed E-state index contributed by atoms with van der Waals surface area (Å²) in [6.45, 7) is 2.42. The summed E-state index contributed by atoms with van der Waals surface area (Å²) in [6, 6.07) is 0.516. The van der Waals surface area contributed by atoms with Crippen molar-refractivity contribution in [2.75, 3.05) is 0 Å². The molecule has 1 heteroatoms. The lowest BCUT2D eigenvalue weighted by molar-refractivity contribution is 0.242. The van der Waals surface area contributed by atoms with Gasteiger partial charge in [-0.25, -0.2) is 0 Å². The van der Waals surface area contributed by atoms with E-state index < -0.39 is 0 Å². The van der Waals surface area contributed by atoms with E-state index in [1.807, 2.05) is 0 Å². The van der Waals surface area contributed by atoms with Crippen molar-refractivity contribution >= 4 is 0 Å². The van der Waals surface area contributed by atoms with E-state index in [2.05, 4.69) is 6.92 Å². The fraction of sp³-hybridized carbons (Fsp3) is 1.00. The third kappa shape index (κ3) is 1.92. The van der Waals surface area contributed by atoms with Crippen LogP contribution in [0.5, 0.6) is 0 Å². The van der Waals surface area contributed by atoms with Gasteiger partial charge in [0.2, 0.25) is 0 Å². The molecular weight excluding hydrogens is 194 g/mol. The summed E-state index contributed by atoms with van der Waals surface area (Å²) in [5, 5.41) is 0. The summed E-state index contributed by atoms with van der Waals surface area (Å²) in [5.74, 6) is 4.89. The van der Waals surface area contributed by atoms with Gasteiger partial charge in [0.15, 0.2) is 0 Å². The number of nitrogens with two attached hydrogens (primary N) is 1. The third-order valence-electron chi connectivity index (χ3n) is 5.94. The van der Waals surface area contributed by atoms with Crippen molar-refractivity contribution in [1.29, 1.82) is 0 Å². The highest BCUT2D eigenvalue weighted by Crippen LogP contribution is 2.50. The molecule has 0 heterocycles. The minimum atomic E-state index is 0.516. The minimum Gasteiger partial charge on any atom is -0.327 e.